The summed E-state index contributed by atoms with van der Waals surface area (Å²) < 4.78 is 25.3. The number of aromatic nitrogens is 4. The van der Waals surface area contributed by atoms with E-state index < -0.39 is 136 Å². The van der Waals surface area contributed by atoms with Gasteiger partial charge in [0.15, 0.2) is 0 Å². The van der Waals surface area contributed by atoms with E-state index in [2.05, 4.69) is 29.9 Å². The van der Waals surface area contributed by atoms with E-state index in [1.165, 1.54) is 33.9 Å². The molecule has 66 heavy (non-hydrogen) atoms. The molecule has 361 valence electrons. The summed E-state index contributed by atoms with van der Waals surface area (Å²) >= 11 is 0. The summed E-state index contributed by atoms with van der Waals surface area (Å²) in [6.45, 7) is 11.2. The Morgan fingerprint density at radius 1 is 0.606 bits per heavy atom. The smallest absolute Gasteiger partial charge is 0 e. The second kappa shape index (κ2) is 35.3. The number of carbonyl (C=O) groups is 10. The molecule has 2 aromatic rings. The van der Waals surface area contributed by atoms with Crippen LogP contribution < -0.4 is 10.6 Å². The zero-order chi connectivity index (χ0) is 50.2. The molecule has 3 amide bonds. The van der Waals surface area contributed by atoms with Crippen molar-refractivity contribution >= 4 is 59.5 Å². The van der Waals surface area contributed by atoms with E-state index in [1.54, 1.807) is 4.90 Å². The van der Waals surface area contributed by atoms with Crippen LogP contribution in [0.15, 0.2) is 24.8 Å². The minimum Gasteiger partial charge on any atom is 0 e. The van der Waals surface area contributed by atoms with Crippen molar-refractivity contribution in [1.29, 1.82) is 0 Å². The van der Waals surface area contributed by atoms with Gasteiger partial charge in [-0.25, -0.2) is 24.4 Å². The fourth-order valence-corrected chi connectivity index (χ4v) is 5.70. The number of urea groups is 1. The third-order valence-corrected chi connectivity index (χ3v) is 8.62. The molecule has 0 aliphatic carbocycles. The first-order valence-corrected chi connectivity index (χ1v) is 18.5. The number of ketones is 1. The molecule has 0 aliphatic rings. The first kappa shape index (κ1) is 63.3. The number of nitrogens with zero attached hydrogens (tertiary/aromatic N) is 6. The van der Waals surface area contributed by atoms with Crippen molar-refractivity contribution in [2.75, 3.05) is 19.6 Å². The van der Waals surface area contributed by atoms with Crippen molar-refractivity contribution in [3.63, 3.8) is 0 Å². The van der Waals surface area contributed by atoms with Crippen LogP contribution in [0.1, 0.15) is 63.0 Å². The first-order valence-electron chi connectivity index (χ1n) is 18.5. The number of aliphatic carboxylic acids is 7. The Kier molecular flexibility index (Phi) is 33.9. The summed E-state index contributed by atoms with van der Waals surface area (Å²) in [5, 5.41) is 68.9. The maximum atomic E-state index is 12.9. The molecule has 1 radical (unpaired) electrons. The van der Waals surface area contributed by atoms with Crippen LogP contribution in [0.4, 0.5) is 4.79 Å². The van der Waals surface area contributed by atoms with Gasteiger partial charge >= 0.3 is 81.7 Å². The number of carboxylic acid groups (broad SMARTS) is 7. The Bertz CT molecular complexity index is 1970. The summed E-state index contributed by atoms with van der Waals surface area (Å²) in [5.41, 5.74) is 0. The van der Waals surface area contributed by atoms with Crippen LogP contribution in [0.25, 0.3) is 0 Å². The van der Waals surface area contributed by atoms with Gasteiger partial charge in [-0.05, 0) is 32.2 Å². The maximum absolute atomic E-state index is 12.9. The Morgan fingerprint density at radius 3 is 1.47 bits per heavy atom. The van der Waals surface area contributed by atoms with E-state index in [4.69, 9.17) is 29.3 Å². The molecular weight excluding hydrogens is 1060 g/mol. The number of amides is 3. The maximum Gasteiger partial charge on any atom is 0 e. The number of Topliss-reactive ketones (excluding diaryl/α,β-unsaturated/α-hetero) is 1. The van der Waals surface area contributed by atoms with Crippen LogP contribution in [0, 0.1) is 25.9 Å². The van der Waals surface area contributed by atoms with Crippen LogP contribution in [0.2, 0.25) is 0 Å². The van der Waals surface area contributed by atoms with E-state index in [-0.39, 0.29) is 52.9 Å². The van der Waals surface area contributed by atoms with Gasteiger partial charge in [0.2, 0.25) is 5.91 Å². The second-order valence-electron chi connectivity index (χ2n) is 13.2. The van der Waals surface area contributed by atoms with Crippen LogP contribution in [-0.2, 0) is 104 Å². The zero-order valence-corrected chi connectivity index (χ0v) is 37.4. The van der Waals surface area contributed by atoms with Gasteiger partial charge in [-0.15, -0.1) is 0 Å². The predicted octanol–water partition coefficient (Wildman–Crippen LogP) is -1.27. The minimum absolute atomic E-state index is 0. The number of hydrogen-bond acceptors (Lipinski definition) is 13. The van der Waals surface area contributed by atoms with Crippen molar-refractivity contribution in [3.05, 3.63) is 56.4 Å². The molecule has 0 unspecified atom stereocenters. The van der Waals surface area contributed by atoms with E-state index in [1.807, 2.05) is 10.6 Å². The van der Waals surface area contributed by atoms with Gasteiger partial charge in [0.05, 0.1) is 19.0 Å². The van der Waals surface area contributed by atoms with Gasteiger partial charge in [-0.3, -0.25) is 38.5 Å². The van der Waals surface area contributed by atoms with Gasteiger partial charge < -0.3 is 60.4 Å². The molecule has 2 rings (SSSR count). The largest absolute Gasteiger partial charge is 0 e. The fourth-order valence-electron chi connectivity index (χ4n) is 5.70. The van der Waals surface area contributed by atoms with Gasteiger partial charge in [0, 0.05) is 64.5 Å². The molecule has 0 fully saturated rings. The summed E-state index contributed by atoms with van der Waals surface area (Å²) in [6.07, 6.45) is 3.74. The molecule has 0 aliphatic heterocycles. The molecule has 0 spiro atoms. The number of carboxylic acids is 7. The van der Waals surface area contributed by atoms with Crippen molar-refractivity contribution in [1.82, 2.24) is 39.5 Å². The van der Waals surface area contributed by atoms with E-state index in [0.717, 1.165) is 0 Å². The van der Waals surface area contributed by atoms with E-state index in [0.29, 0.717) is 23.0 Å². The Hall–Kier alpha value is -7.04. The van der Waals surface area contributed by atoms with Gasteiger partial charge in [-0.1, -0.05) is 6.42 Å². The molecule has 0 aromatic carbocycles. The van der Waals surface area contributed by atoms with Crippen molar-refractivity contribution < 1.29 is 118 Å². The second-order valence-corrected chi connectivity index (χ2v) is 13.2. The van der Waals surface area contributed by atoms with Crippen molar-refractivity contribution in [2.45, 2.75) is 89.6 Å². The number of hydrogen-bond donors (Lipinski definition) is 9. The topological polar surface area (TPSA) is 438 Å². The average molecular weight is 1110 g/mol. The van der Waals surface area contributed by atoms with Crippen molar-refractivity contribution in [3.8, 4) is 0 Å². The molecule has 0 saturated carbocycles. The molecular formula is C37H46N8O20Re. The number of rotatable bonds is 30. The minimum atomic E-state index is -1.67. The molecule has 2 aromatic heterocycles. The summed E-state index contributed by atoms with van der Waals surface area (Å²) in [6, 6.07) is -4.54. The number of carbonyl (C=O) groups excluding carboxylic acids is 3. The standard InChI is InChI=1S/C34H46N8O17.3CO.Re/c43-21(4-5-22(32(55)56)37-34(59)38-23(33(57)58)6-7-27(45)46)13-20(31(53)54)3-1-2-10-39(15-25-36-9-12-41(25)17-28(47)48)14-24-35-8-11-40(24)16-26(44)42(18-29(49)50)19-30(51)52;3*1-2;/h8-9,11-12,20,22-23H,1-7,10,13-19H2,(H,45,46)(H,47,48)(H,49,50)(H,51,52)(H,53,54)(H,55,56)(H,57,58)(H2,37,38,59);;;;/t20-,22+,23+;;;;/m1..../s1. The average Bonchev–Trinajstić information content (AvgIpc) is 3.87. The van der Waals surface area contributed by atoms with Crippen LogP contribution >= 0.6 is 0 Å². The number of imidazole rings is 2. The molecule has 0 saturated heterocycles. The normalized spacial score (nSPS) is 11.3. The summed E-state index contributed by atoms with van der Waals surface area (Å²) in [7, 11) is 0. The van der Waals surface area contributed by atoms with Crippen molar-refractivity contribution in [2.24, 2.45) is 5.92 Å². The van der Waals surface area contributed by atoms with Crippen LogP contribution in [0.5, 0.6) is 0 Å². The molecule has 0 bridgehead atoms. The number of unbranched alkanes of at least 4 members (excludes halogenated alkanes) is 1. The monoisotopic (exact) mass is 1110 g/mol. The molecule has 29 heteroatoms. The summed E-state index contributed by atoms with van der Waals surface area (Å²) in [5.74, 6) is -11.7. The van der Waals surface area contributed by atoms with Crippen LogP contribution in [0.3, 0.4) is 0 Å². The molecule has 9 N–H and O–H groups in total. The molecule has 3 atom stereocenters. The third kappa shape index (κ3) is 26.6. The summed E-state index contributed by atoms with van der Waals surface area (Å²) in [4.78, 5) is 129. The third-order valence-electron chi connectivity index (χ3n) is 8.62. The Labute approximate surface area is 387 Å². The van der Waals surface area contributed by atoms with Gasteiger partial charge in [0.25, 0.3) is 0 Å². The van der Waals surface area contributed by atoms with Gasteiger partial charge in [0.1, 0.15) is 55.7 Å². The van der Waals surface area contributed by atoms with E-state index in [9.17, 15) is 68.4 Å². The zero-order valence-electron chi connectivity index (χ0n) is 34.6. The Balaban J connectivity index is -0.00000543. The predicted molar refractivity (Wildman–Crippen MR) is 205 cm³/mol. The fraction of sp³-hybridized carbons (Fsp3) is 0.486. The quantitative estimate of drug-likeness (QED) is 0.0250. The first-order chi connectivity index (χ1) is 30.7. The van der Waals surface area contributed by atoms with Gasteiger partial charge in [-0.2, -0.15) is 0 Å². The van der Waals surface area contributed by atoms with E-state index >= 15 is 0 Å². The number of nitrogens with one attached hydrogen (secondary N) is 2. The molecule has 2 heterocycles. The Morgan fingerprint density at radius 2 is 1.06 bits per heavy atom. The molecule has 28 nitrogen and oxygen atoms in total. The SMILES string of the molecule is O=C(O)CC[C@H](NC(=O)N[C@@H](CCC(=O)C[C@@H](CCCCN(Cc1nccn1CC(=O)O)Cc1nccn1CC(=O)N(CC(=O)O)CC(=O)O)C(=O)O)C(=O)O)C(=O)O.[C-]#[O+].[C-]#[O+].[C-]#[O+].[Re]. The van der Waals surface area contributed by atoms with Crippen LogP contribution in [-0.4, -0.2) is 156 Å².